The fourth-order valence-electron chi connectivity index (χ4n) is 2.63. The van der Waals surface area contributed by atoms with Gasteiger partial charge in [0.25, 0.3) is 0 Å². The van der Waals surface area contributed by atoms with Crippen LogP contribution in [0.2, 0.25) is 0 Å². The van der Waals surface area contributed by atoms with Gasteiger partial charge < -0.3 is 5.73 Å². The van der Waals surface area contributed by atoms with Crippen molar-refractivity contribution in [3.63, 3.8) is 0 Å². The van der Waals surface area contributed by atoms with Crippen LogP contribution in [-0.2, 0) is 0 Å². The molecule has 0 aromatic carbocycles. The van der Waals surface area contributed by atoms with Gasteiger partial charge in [-0.25, -0.2) is 0 Å². The molecule has 0 aromatic heterocycles. The average Bonchev–Trinajstić information content (AvgIpc) is 2.30. The van der Waals surface area contributed by atoms with Crippen molar-refractivity contribution in [3.05, 3.63) is 25.3 Å². The van der Waals surface area contributed by atoms with E-state index in [0.717, 1.165) is 19.6 Å². The lowest BCUT2D eigenvalue weighted by Crippen LogP contribution is -2.55. The van der Waals surface area contributed by atoms with Gasteiger partial charge in [0.2, 0.25) is 0 Å². The highest BCUT2D eigenvalue weighted by molar-refractivity contribution is 4.98. The van der Waals surface area contributed by atoms with Crippen molar-refractivity contribution in [2.75, 3.05) is 19.6 Å². The van der Waals surface area contributed by atoms with Gasteiger partial charge in [-0.3, -0.25) is 4.90 Å². The summed E-state index contributed by atoms with van der Waals surface area (Å²) < 4.78 is 0. The molecule has 0 spiro atoms. The summed E-state index contributed by atoms with van der Waals surface area (Å²) in [4.78, 5) is 2.44. The number of hydrogen-bond donors (Lipinski definition) is 1. The van der Waals surface area contributed by atoms with E-state index in [9.17, 15) is 0 Å². The maximum atomic E-state index is 5.99. The molecule has 0 bridgehead atoms. The minimum absolute atomic E-state index is 0.209. The lowest BCUT2D eigenvalue weighted by atomic mass is 9.80. The minimum Gasteiger partial charge on any atom is -0.329 e. The van der Waals surface area contributed by atoms with Crippen LogP contribution < -0.4 is 5.73 Å². The van der Waals surface area contributed by atoms with Crippen LogP contribution in [0.5, 0.6) is 0 Å². The molecule has 0 amide bonds. The van der Waals surface area contributed by atoms with E-state index in [4.69, 9.17) is 5.73 Å². The van der Waals surface area contributed by atoms with Crippen LogP contribution in [0, 0.1) is 0 Å². The molecule has 0 aromatic rings. The highest BCUT2D eigenvalue weighted by Gasteiger charge is 2.35. The lowest BCUT2D eigenvalue weighted by Gasteiger charge is -2.45. The lowest BCUT2D eigenvalue weighted by molar-refractivity contribution is 0.0796. The predicted molar refractivity (Wildman–Crippen MR) is 66.8 cm³/mol. The van der Waals surface area contributed by atoms with E-state index in [0.29, 0.717) is 0 Å². The van der Waals surface area contributed by atoms with Crippen LogP contribution in [0.3, 0.4) is 0 Å². The van der Waals surface area contributed by atoms with Crippen molar-refractivity contribution in [2.45, 2.75) is 37.6 Å². The second-order valence-corrected chi connectivity index (χ2v) is 4.47. The van der Waals surface area contributed by atoms with Crippen molar-refractivity contribution in [1.82, 2.24) is 4.90 Å². The van der Waals surface area contributed by atoms with Crippen LogP contribution in [0.25, 0.3) is 0 Å². The van der Waals surface area contributed by atoms with Gasteiger partial charge in [0.05, 0.1) is 0 Å². The normalized spacial score (nSPS) is 20.1. The first-order valence-corrected chi connectivity index (χ1v) is 5.96. The second kappa shape index (κ2) is 6.09. The fourth-order valence-corrected chi connectivity index (χ4v) is 2.63. The summed E-state index contributed by atoms with van der Waals surface area (Å²) in [7, 11) is 0. The molecule has 15 heavy (non-hydrogen) atoms. The van der Waals surface area contributed by atoms with E-state index >= 15 is 0 Å². The summed E-state index contributed by atoms with van der Waals surface area (Å²) in [6, 6.07) is 0. The minimum atomic E-state index is 0.209. The Morgan fingerprint density at radius 1 is 1.07 bits per heavy atom. The molecular weight excluding hydrogens is 184 g/mol. The van der Waals surface area contributed by atoms with E-state index in [-0.39, 0.29) is 5.54 Å². The molecule has 2 N–H and O–H groups in total. The Labute approximate surface area is 93.8 Å². The molecule has 86 valence electrons. The highest BCUT2D eigenvalue weighted by atomic mass is 15.2. The quantitative estimate of drug-likeness (QED) is 0.679. The summed E-state index contributed by atoms with van der Waals surface area (Å²) in [6.07, 6.45) is 10.4. The zero-order chi connectivity index (χ0) is 11.1. The van der Waals surface area contributed by atoms with Crippen molar-refractivity contribution < 1.29 is 0 Å². The average molecular weight is 208 g/mol. The summed E-state index contributed by atoms with van der Waals surface area (Å²) in [5.74, 6) is 0. The van der Waals surface area contributed by atoms with E-state index in [1.54, 1.807) is 0 Å². The van der Waals surface area contributed by atoms with Gasteiger partial charge in [0.15, 0.2) is 0 Å². The standard InChI is InChI=1S/C13H24N2/c1-3-10-15(11-4-2)13(12-14)8-6-5-7-9-13/h3-4H,1-2,5-12,14H2. The molecule has 0 radical (unpaired) electrons. The highest BCUT2D eigenvalue weighted by Crippen LogP contribution is 2.32. The first kappa shape index (κ1) is 12.5. The Balaban J connectivity index is 2.73. The number of nitrogens with zero attached hydrogens (tertiary/aromatic N) is 1. The number of rotatable bonds is 6. The van der Waals surface area contributed by atoms with E-state index < -0.39 is 0 Å². The molecule has 0 atom stereocenters. The fraction of sp³-hybridized carbons (Fsp3) is 0.692. The number of nitrogens with two attached hydrogens (primary N) is 1. The third kappa shape index (κ3) is 2.93. The maximum absolute atomic E-state index is 5.99. The van der Waals surface area contributed by atoms with E-state index in [1.807, 2.05) is 12.2 Å². The molecule has 2 nitrogen and oxygen atoms in total. The monoisotopic (exact) mass is 208 g/mol. The van der Waals surface area contributed by atoms with Crippen molar-refractivity contribution in [1.29, 1.82) is 0 Å². The Bertz CT molecular complexity index is 195. The zero-order valence-corrected chi connectivity index (χ0v) is 9.75. The van der Waals surface area contributed by atoms with Crippen LogP contribution >= 0.6 is 0 Å². The largest absolute Gasteiger partial charge is 0.329 e. The Morgan fingerprint density at radius 3 is 2.00 bits per heavy atom. The van der Waals surface area contributed by atoms with Crippen molar-refractivity contribution >= 4 is 0 Å². The first-order valence-electron chi connectivity index (χ1n) is 5.96. The van der Waals surface area contributed by atoms with Crippen molar-refractivity contribution in [3.8, 4) is 0 Å². The summed E-state index contributed by atoms with van der Waals surface area (Å²) in [5.41, 5.74) is 6.20. The molecule has 1 aliphatic rings. The van der Waals surface area contributed by atoms with E-state index in [1.165, 1.54) is 32.1 Å². The Kier molecular flexibility index (Phi) is 5.06. The predicted octanol–water partition coefficient (Wildman–Crippen LogP) is 2.32. The molecular formula is C13H24N2. The van der Waals surface area contributed by atoms with Crippen LogP contribution in [-0.4, -0.2) is 30.1 Å². The molecule has 1 aliphatic carbocycles. The van der Waals surface area contributed by atoms with Gasteiger partial charge in [-0.05, 0) is 12.8 Å². The smallest absolute Gasteiger partial charge is 0.0338 e. The Morgan fingerprint density at radius 2 is 1.60 bits per heavy atom. The topological polar surface area (TPSA) is 29.3 Å². The number of hydrogen-bond acceptors (Lipinski definition) is 2. The molecule has 0 saturated heterocycles. The molecule has 0 heterocycles. The third-order valence-corrected chi connectivity index (χ3v) is 3.53. The molecule has 1 saturated carbocycles. The van der Waals surface area contributed by atoms with Gasteiger partial charge in [-0.15, -0.1) is 13.2 Å². The van der Waals surface area contributed by atoms with Crippen LogP contribution in [0.15, 0.2) is 25.3 Å². The zero-order valence-electron chi connectivity index (χ0n) is 9.75. The second-order valence-electron chi connectivity index (χ2n) is 4.47. The third-order valence-electron chi connectivity index (χ3n) is 3.53. The van der Waals surface area contributed by atoms with Crippen LogP contribution in [0.1, 0.15) is 32.1 Å². The van der Waals surface area contributed by atoms with Crippen molar-refractivity contribution in [2.24, 2.45) is 5.73 Å². The van der Waals surface area contributed by atoms with E-state index in [2.05, 4.69) is 18.1 Å². The van der Waals surface area contributed by atoms with Gasteiger partial charge in [0.1, 0.15) is 0 Å². The molecule has 2 heteroatoms. The summed E-state index contributed by atoms with van der Waals surface area (Å²) in [5, 5.41) is 0. The maximum Gasteiger partial charge on any atom is 0.0338 e. The van der Waals surface area contributed by atoms with Gasteiger partial charge in [0, 0.05) is 25.2 Å². The SMILES string of the molecule is C=CCN(CC=C)C1(CN)CCCCC1. The van der Waals surface area contributed by atoms with Gasteiger partial charge in [-0.2, -0.15) is 0 Å². The van der Waals surface area contributed by atoms with Gasteiger partial charge in [-0.1, -0.05) is 31.4 Å². The summed E-state index contributed by atoms with van der Waals surface area (Å²) >= 11 is 0. The first-order chi connectivity index (χ1) is 7.29. The molecule has 1 fully saturated rings. The molecule has 1 rings (SSSR count). The molecule has 0 unspecified atom stereocenters. The Hall–Kier alpha value is -0.600. The van der Waals surface area contributed by atoms with Gasteiger partial charge >= 0.3 is 0 Å². The van der Waals surface area contributed by atoms with Crippen LogP contribution in [0.4, 0.5) is 0 Å². The molecule has 0 aliphatic heterocycles. The summed E-state index contributed by atoms with van der Waals surface area (Å²) in [6.45, 7) is 10.3.